The zero-order valence-electron chi connectivity index (χ0n) is 15.6. The molecule has 15 nitrogen and oxygen atoms in total. The van der Waals surface area contributed by atoms with Crippen molar-refractivity contribution in [1.82, 2.24) is 4.73 Å². The standard InChI is InChI=1S/C15H12N2O13S3/c18-12-1-2-13(19)17(12)28-15(20)16-10-5-8(31-30-29-21)3-7-4-9(32(22,23)24)6-11(14(7)10)33(25,26)27/h1-6,18-19,21H,(H,16,20)(H,22,23,24)(H,25,26,27). The highest BCUT2D eigenvalue weighted by atomic mass is 32.2. The number of benzene rings is 2. The summed E-state index contributed by atoms with van der Waals surface area (Å²) in [5.74, 6) is -1.33. The van der Waals surface area contributed by atoms with Crippen LogP contribution in [0.4, 0.5) is 10.5 Å². The summed E-state index contributed by atoms with van der Waals surface area (Å²) in [7, 11) is -10.1. The molecule has 2 aromatic carbocycles. The number of hydrogen-bond acceptors (Lipinski definition) is 12. The van der Waals surface area contributed by atoms with Gasteiger partial charge in [-0.1, -0.05) is 5.04 Å². The minimum Gasteiger partial charge on any atom is -0.492 e. The Morgan fingerprint density at radius 3 is 2.15 bits per heavy atom. The van der Waals surface area contributed by atoms with Crippen LogP contribution in [0.3, 0.4) is 0 Å². The predicted molar refractivity (Wildman–Crippen MR) is 108 cm³/mol. The van der Waals surface area contributed by atoms with E-state index < -0.39 is 59.0 Å². The van der Waals surface area contributed by atoms with Gasteiger partial charge in [-0.25, -0.2) is 10.1 Å². The fourth-order valence-electron chi connectivity index (χ4n) is 2.69. The molecular weight excluding hydrogens is 512 g/mol. The van der Waals surface area contributed by atoms with Crippen LogP contribution in [0.25, 0.3) is 10.8 Å². The third-order valence-corrected chi connectivity index (χ3v) is 6.17. The lowest BCUT2D eigenvalue weighted by molar-refractivity contribution is -0.432. The van der Waals surface area contributed by atoms with E-state index in [4.69, 9.17) is 10.1 Å². The Bertz CT molecular complexity index is 1430. The molecule has 0 bridgehead atoms. The Kier molecular flexibility index (Phi) is 6.72. The molecular formula is C15H12N2O13S3. The first-order valence-electron chi connectivity index (χ1n) is 8.12. The van der Waals surface area contributed by atoms with Crippen LogP contribution in [0.1, 0.15) is 0 Å². The van der Waals surface area contributed by atoms with Crippen LogP contribution in [0.15, 0.2) is 51.1 Å². The second-order valence-electron chi connectivity index (χ2n) is 6.01. The van der Waals surface area contributed by atoms with E-state index in [1.807, 2.05) is 0 Å². The molecule has 0 fully saturated rings. The van der Waals surface area contributed by atoms with E-state index in [0.717, 1.165) is 30.3 Å². The third-order valence-electron chi connectivity index (χ3n) is 3.90. The Labute approximate surface area is 188 Å². The quantitative estimate of drug-likeness (QED) is 0.112. The minimum atomic E-state index is -5.12. The fraction of sp³-hybridized carbons (Fsp3) is 0. The van der Waals surface area contributed by atoms with Crippen molar-refractivity contribution >= 4 is 54.8 Å². The van der Waals surface area contributed by atoms with E-state index in [2.05, 4.69) is 14.7 Å². The maximum absolute atomic E-state index is 12.3. The summed E-state index contributed by atoms with van der Waals surface area (Å²) in [5.41, 5.74) is -0.401. The number of nitrogens with one attached hydrogen (secondary N) is 1. The van der Waals surface area contributed by atoms with E-state index in [1.165, 1.54) is 0 Å². The van der Waals surface area contributed by atoms with Crippen molar-refractivity contribution in [3.63, 3.8) is 0 Å². The molecule has 178 valence electrons. The lowest BCUT2D eigenvalue weighted by atomic mass is 10.1. The average molecular weight is 524 g/mol. The van der Waals surface area contributed by atoms with Gasteiger partial charge in [0.2, 0.25) is 11.8 Å². The summed E-state index contributed by atoms with van der Waals surface area (Å²) in [6.45, 7) is 0. The summed E-state index contributed by atoms with van der Waals surface area (Å²) < 4.78 is 70.6. The molecule has 0 radical (unpaired) electrons. The van der Waals surface area contributed by atoms with Gasteiger partial charge in [-0.2, -0.15) is 16.8 Å². The number of aromatic nitrogens is 1. The van der Waals surface area contributed by atoms with Gasteiger partial charge in [0.05, 0.1) is 22.6 Å². The number of amides is 1. The molecule has 0 unspecified atom stereocenters. The molecule has 1 amide bonds. The van der Waals surface area contributed by atoms with Crippen LogP contribution in [0.5, 0.6) is 11.8 Å². The number of carbonyl (C=O) groups is 1. The van der Waals surface area contributed by atoms with Gasteiger partial charge in [0.25, 0.3) is 20.2 Å². The maximum Gasteiger partial charge on any atom is 0.436 e. The SMILES string of the molecule is O=C(Nc1cc(SOOO)cc2cc(S(=O)(=O)O)cc(S(=O)(=O)O)c12)On1c(O)ccc1O. The molecule has 3 rings (SSSR count). The van der Waals surface area contributed by atoms with Crippen LogP contribution >= 0.6 is 12.0 Å². The Morgan fingerprint density at radius 2 is 1.61 bits per heavy atom. The molecule has 3 aromatic rings. The normalized spacial score (nSPS) is 12.1. The number of fused-ring (bicyclic) bond motifs is 1. The summed E-state index contributed by atoms with van der Waals surface area (Å²) in [4.78, 5) is 15.1. The second kappa shape index (κ2) is 9.03. The van der Waals surface area contributed by atoms with E-state index in [9.17, 15) is 40.9 Å². The Hall–Kier alpha value is -3.10. The molecule has 0 aliphatic carbocycles. The van der Waals surface area contributed by atoms with Gasteiger partial charge >= 0.3 is 6.09 Å². The molecule has 0 saturated heterocycles. The Balaban J connectivity index is 2.21. The van der Waals surface area contributed by atoms with Crippen molar-refractivity contribution in [2.24, 2.45) is 0 Å². The molecule has 18 heteroatoms. The van der Waals surface area contributed by atoms with E-state index in [0.29, 0.717) is 22.8 Å². The second-order valence-corrected chi connectivity index (χ2v) is 9.60. The van der Waals surface area contributed by atoms with Crippen molar-refractivity contribution in [3.8, 4) is 11.8 Å². The average Bonchev–Trinajstić information content (AvgIpc) is 3.01. The first-order valence-corrected chi connectivity index (χ1v) is 11.7. The van der Waals surface area contributed by atoms with Gasteiger partial charge in [-0.15, -0.1) is 9.06 Å². The highest BCUT2D eigenvalue weighted by Crippen LogP contribution is 2.37. The number of aromatic hydroxyl groups is 2. The van der Waals surface area contributed by atoms with Crippen molar-refractivity contribution in [2.45, 2.75) is 14.7 Å². The van der Waals surface area contributed by atoms with Gasteiger partial charge in [0, 0.05) is 22.4 Å². The number of rotatable bonds is 7. The van der Waals surface area contributed by atoms with Crippen LogP contribution in [-0.2, 0) is 29.6 Å². The van der Waals surface area contributed by atoms with E-state index in [-0.39, 0.29) is 10.3 Å². The monoisotopic (exact) mass is 524 g/mol. The van der Waals surface area contributed by atoms with Crippen LogP contribution in [-0.4, -0.2) is 52.2 Å². The van der Waals surface area contributed by atoms with Crippen molar-refractivity contribution < 1.29 is 60.4 Å². The van der Waals surface area contributed by atoms with Crippen molar-refractivity contribution in [2.75, 3.05) is 5.32 Å². The van der Waals surface area contributed by atoms with Crippen LogP contribution < -0.4 is 10.2 Å². The molecule has 1 heterocycles. The van der Waals surface area contributed by atoms with Gasteiger partial charge < -0.3 is 15.1 Å². The molecule has 1 aromatic heterocycles. The van der Waals surface area contributed by atoms with Gasteiger partial charge in [-0.3, -0.25) is 14.4 Å². The number of hydrogen-bond donors (Lipinski definition) is 6. The molecule has 0 spiro atoms. The highest BCUT2D eigenvalue weighted by Gasteiger charge is 2.24. The first kappa shape index (κ1) is 24.5. The van der Waals surface area contributed by atoms with Crippen LogP contribution in [0.2, 0.25) is 0 Å². The zero-order valence-corrected chi connectivity index (χ0v) is 18.1. The Morgan fingerprint density at radius 1 is 0.970 bits per heavy atom. The summed E-state index contributed by atoms with van der Waals surface area (Å²) in [6, 6.07) is 5.44. The lowest BCUT2D eigenvalue weighted by Gasteiger charge is -2.15. The largest absolute Gasteiger partial charge is 0.492 e. The molecule has 33 heavy (non-hydrogen) atoms. The van der Waals surface area contributed by atoms with E-state index >= 15 is 0 Å². The summed E-state index contributed by atoms with van der Waals surface area (Å²) in [6.07, 6.45) is -1.38. The smallest absolute Gasteiger partial charge is 0.436 e. The molecule has 0 aliphatic heterocycles. The van der Waals surface area contributed by atoms with Crippen molar-refractivity contribution in [3.05, 3.63) is 36.4 Å². The van der Waals surface area contributed by atoms with E-state index in [1.54, 1.807) is 0 Å². The highest BCUT2D eigenvalue weighted by molar-refractivity contribution is 7.94. The zero-order chi connectivity index (χ0) is 24.6. The van der Waals surface area contributed by atoms with Crippen LogP contribution in [0, 0.1) is 0 Å². The predicted octanol–water partition coefficient (Wildman–Crippen LogP) is 1.63. The lowest BCUT2D eigenvalue weighted by Crippen LogP contribution is -2.24. The number of nitrogens with zero attached hydrogens (tertiary/aromatic N) is 1. The maximum atomic E-state index is 12.3. The number of anilines is 1. The van der Waals surface area contributed by atoms with Gasteiger partial charge in [-0.05, 0) is 29.7 Å². The fourth-order valence-corrected chi connectivity index (χ4v) is 4.52. The molecule has 0 aliphatic rings. The van der Waals surface area contributed by atoms with Gasteiger partial charge in [0.15, 0.2) is 0 Å². The molecule has 6 N–H and O–H groups in total. The molecule has 0 atom stereocenters. The summed E-state index contributed by atoms with van der Waals surface area (Å²) in [5, 5.41) is 32.4. The third kappa shape index (κ3) is 5.46. The number of carbonyl (C=O) groups excluding carboxylic acids is 1. The topological polar surface area (TPSA) is 231 Å². The summed E-state index contributed by atoms with van der Waals surface area (Å²) >= 11 is 0.340. The first-order chi connectivity index (χ1) is 15.3. The van der Waals surface area contributed by atoms with Crippen molar-refractivity contribution in [1.29, 1.82) is 0 Å². The van der Waals surface area contributed by atoms with Gasteiger partial charge in [0.1, 0.15) is 4.90 Å². The minimum absolute atomic E-state index is 0.00714. The molecule has 0 saturated carbocycles.